The summed E-state index contributed by atoms with van der Waals surface area (Å²) in [6.07, 6.45) is 1.77. The Kier molecular flexibility index (Phi) is 8.65. The maximum atomic E-state index is 12.7. The standard InChI is InChI=1S/C24H32N4O5S/c1-17-6-9-21(10-7-17)34(31,32)25-14-19-5-4-12-28(15-19)16-24(30)27-22-13-20(26-18(2)29)8-11-23(22)33-3/h6-11,13,19,25H,4-5,12,14-16H2,1-3H3,(H,26,29)(H,27,30). The van der Waals surface area contributed by atoms with Crippen molar-refractivity contribution in [1.82, 2.24) is 9.62 Å². The first-order valence-corrected chi connectivity index (χ1v) is 12.7. The van der Waals surface area contributed by atoms with Crippen molar-refractivity contribution in [2.75, 3.05) is 43.9 Å². The van der Waals surface area contributed by atoms with Crippen LogP contribution in [0.2, 0.25) is 0 Å². The van der Waals surface area contributed by atoms with Crippen LogP contribution in [0.1, 0.15) is 25.3 Å². The van der Waals surface area contributed by atoms with Gasteiger partial charge in [0.25, 0.3) is 0 Å². The summed E-state index contributed by atoms with van der Waals surface area (Å²) in [5, 5.41) is 5.54. The summed E-state index contributed by atoms with van der Waals surface area (Å²) in [5.41, 5.74) is 2.03. The van der Waals surface area contributed by atoms with E-state index >= 15 is 0 Å². The van der Waals surface area contributed by atoms with Crippen LogP contribution in [0.5, 0.6) is 5.75 Å². The topological polar surface area (TPSA) is 117 Å². The Balaban J connectivity index is 1.55. The van der Waals surface area contributed by atoms with Crippen LogP contribution >= 0.6 is 0 Å². The minimum atomic E-state index is -3.57. The van der Waals surface area contributed by atoms with Crippen LogP contribution < -0.4 is 20.1 Å². The number of nitrogens with zero attached hydrogens (tertiary/aromatic N) is 1. The Morgan fingerprint density at radius 1 is 1.12 bits per heavy atom. The molecule has 3 N–H and O–H groups in total. The number of amides is 2. The number of carbonyl (C=O) groups is 2. The second-order valence-electron chi connectivity index (χ2n) is 8.55. The Hall–Kier alpha value is -2.95. The molecule has 1 aliphatic rings. The van der Waals surface area contributed by atoms with Gasteiger partial charge >= 0.3 is 0 Å². The maximum Gasteiger partial charge on any atom is 0.240 e. The molecule has 1 heterocycles. The number of sulfonamides is 1. The quantitative estimate of drug-likeness (QED) is 0.500. The zero-order valence-electron chi connectivity index (χ0n) is 19.8. The summed E-state index contributed by atoms with van der Waals surface area (Å²) in [5.74, 6) is 0.183. The molecule has 1 atom stereocenters. The molecule has 2 aromatic carbocycles. The van der Waals surface area contributed by atoms with Gasteiger partial charge in [-0.25, -0.2) is 13.1 Å². The predicted octanol–water partition coefficient (Wildman–Crippen LogP) is 2.59. The lowest BCUT2D eigenvalue weighted by atomic mass is 9.98. The van der Waals surface area contributed by atoms with Crippen LogP contribution in [0.4, 0.5) is 11.4 Å². The molecule has 0 spiro atoms. The van der Waals surface area contributed by atoms with E-state index in [1.165, 1.54) is 14.0 Å². The SMILES string of the molecule is COc1ccc(NC(C)=O)cc1NC(=O)CN1CCCC(CNS(=O)(=O)c2ccc(C)cc2)C1. The van der Waals surface area contributed by atoms with Crippen LogP contribution in [0.15, 0.2) is 47.4 Å². The van der Waals surface area contributed by atoms with Crippen molar-refractivity contribution >= 4 is 33.2 Å². The monoisotopic (exact) mass is 488 g/mol. The van der Waals surface area contributed by atoms with E-state index < -0.39 is 10.0 Å². The predicted molar refractivity (Wildman–Crippen MR) is 131 cm³/mol. The maximum absolute atomic E-state index is 12.7. The summed E-state index contributed by atoms with van der Waals surface area (Å²) < 4.78 is 33.2. The van der Waals surface area contributed by atoms with Gasteiger partial charge in [-0.2, -0.15) is 0 Å². The molecule has 1 unspecified atom stereocenters. The van der Waals surface area contributed by atoms with E-state index in [0.717, 1.165) is 24.9 Å². The molecule has 34 heavy (non-hydrogen) atoms. The Morgan fingerprint density at radius 2 is 1.85 bits per heavy atom. The number of anilines is 2. The average molecular weight is 489 g/mol. The van der Waals surface area contributed by atoms with Gasteiger partial charge in [-0.3, -0.25) is 14.5 Å². The third-order valence-corrected chi connectivity index (χ3v) is 7.10. The largest absolute Gasteiger partial charge is 0.495 e. The van der Waals surface area contributed by atoms with Crippen molar-refractivity contribution in [2.24, 2.45) is 5.92 Å². The number of aryl methyl sites for hydroxylation is 1. The van der Waals surface area contributed by atoms with Crippen LogP contribution in [0.3, 0.4) is 0 Å². The summed E-state index contributed by atoms with van der Waals surface area (Å²) in [7, 11) is -2.06. The number of carbonyl (C=O) groups excluding carboxylic acids is 2. The van der Waals surface area contributed by atoms with Gasteiger partial charge < -0.3 is 15.4 Å². The minimum absolute atomic E-state index is 0.111. The van der Waals surface area contributed by atoms with E-state index in [1.807, 2.05) is 11.8 Å². The van der Waals surface area contributed by atoms with Crippen molar-refractivity contribution < 1.29 is 22.7 Å². The van der Waals surface area contributed by atoms with Gasteiger partial charge in [0.05, 0.1) is 24.2 Å². The second kappa shape index (κ2) is 11.5. The summed E-state index contributed by atoms with van der Waals surface area (Å²) in [4.78, 5) is 26.3. The number of benzene rings is 2. The lowest BCUT2D eigenvalue weighted by Gasteiger charge is -2.32. The van der Waals surface area contributed by atoms with Gasteiger partial charge in [-0.05, 0) is 62.6 Å². The smallest absolute Gasteiger partial charge is 0.240 e. The van der Waals surface area contributed by atoms with Gasteiger partial charge in [0, 0.05) is 25.7 Å². The molecular weight excluding hydrogens is 456 g/mol. The molecule has 1 aliphatic heterocycles. The number of methoxy groups -OCH3 is 1. The van der Waals surface area contributed by atoms with E-state index in [0.29, 0.717) is 30.2 Å². The zero-order valence-corrected chi connectivity index (χ0v) is 20.6. The number of piperidine rings is 1. The van der Waals surface area contributed by atoms with Gasteiger partial charge in [-0.15, -0.1) is 0 Å². The molecule has 0 saturated carbocycles. The highest BCUT2D eigenvalue weighted by molar-refractivity contribution is 7.89. The zero-order chi connectivity index (χ0) is 24.7. The lowest BCUT2D eigenvalue weighted by molar-refractivity contribution is -0.117. The molecule has 184 valence electrons. The van der Waals surface area contributed by atoms with Gasteiger partial charge in [0.1, 0.15) is 5.75 Å². The van der Waals surface area contributed by atoms with Crippen LogP contribution in [0, 0.1) is 12.8 Å². The van der Waals surface area contributed by atoms with E-state index in [-0.39, 0.29) is 29.2 Å². The molecule has 3 rings (SSSR count). The molecule has 0 aliphatic carbocycles. The van der Waals surface area contributed by atoms with Crippen molar-refractivity contribution in [1.29, 1.82) is 0 Å². The Bertz CT molecular complexity index is 1120. The first kappa shape index (κ1) is 25.7. The average Bonchev–Trinajstić information content (AvgIpc) is 2.78. The van der Waals surface area contributed by atoms with Crippen molar-refractivity contribution in [2.45, 2.75) is 31.6 Å². The summed E-state index contributed by atoms with van der Waals surface area (Å²) >= 11 is 0. The van der Waals surface area contributed by atoms with E-state index in [2.05, 4.69) is 15.4 Å². The number of hydrogen-bond donors (Lipinski definition) is 3. The lowest BCUT2D eigenvalue weighted by Crippen LogP contribution is -2.43. The van der Waals surface area contributed by atoms with E-state index in [9.17, 15) is 18.0 Å². The molecule has 0 aromatic heterocycles. The molecule has 2 aromatic rings. The molecule has 0 bridgehead atoms. The van der Waals surface area contributed by atoms with Crippen molar-refractivity contribution in [3.05, 3.63) is 48.0 Å². The van der Waals surface area contributed by atoms with Gasteiger partial charge in [0.2, 0.25) is 21.8 Å². The summed E-state index contributed by atoms with van der Waals surface area (Å²) in [6, 6.07) is 11.8. The first-order chi connectivity index (χ1) is 16.2. The third-order valence-electron chi connectivity index (χ3n) is 5.66. The van der Waals surface area contributed by atoms with Crippen LogP contribution in [-0.2, 0) is 19.6 Å². The minimum Gasteiger partial charge on any atom is -0.495 e. The molecular formula is C24H32N4O5S. The molecule has 1 fully saturated rings. The van der Waals surface area contributed by atoms with Crippen LogP contribution in [-0.4, -0.2) is 58.4 Å². The van der Waals surface area contributed by atoms with Crippen LogP contribution in [0.25, 0.3) is 0 Å². The Labute approximate surface area is 200 Å². The van der Waals surface area contributed by atoms with E-state index in [4.69, 9.17) is 4.74 Å². The molecule has 1 saturated heterocycles. The van der Waals surface area contributed by atoms with Crippen molar-refractivity contribution in [3.8, 4) is 5.75 Å². The molecule has 0 radical (unpaired) electrons. The van der Waals surface area contributed by atoms with Crippen molar-refractivity contribution in [3.63, 3.8) is 0 Å². The molecule has 9 nitrogen and oxygen atoms in total. The summed E-state index contributed by atoms with van der Waals surface area (Å²) in [6.45, 7) is 5.20. The van der Waals surface area contributed by atoms with Gasteiger partial charge in [0.15, 0.2) is 0 Å². The van der Waals surface area contributed by atoms with E-state index in [1.54, 1.807) is 42.5 Å². The fraction of sp³-hybridized carbons (Fsp3) is 0.417. The van der Waals surface area contributed by atoms with Gasteiger partial charge in [-0.1, -0.05) is 17.7 Å². The number of ether oxygens (including phenoxy) is 1. The molecule has 10 heteroatoms. The number of likely N-dealkylation sites (tertiary alicyclic amines) is 1. The number of rotatable bonds is 9. The highest BCUT2D eigenvalue weighted by Gasteiger charge is 2.24. The highest BCUT2D eigenvalue weighted by Crippen LogP contribution is 2.28. The second-order valence-corrected chi connectivity index (χ2v) is 10.3. The normalized spacial score (nSPS) is 16.6. The first-order valence-electron chi connectivity index (χ1n) is 11.2. The third kappa shape index (κ3) is 7.28. The highest BCUT2D eigenvalue weighted by atomic mass is 32.2. The fourth-order valence-electron chi connectivity index (χ4n) is 3.97. The number of nitrogens with one attached hydrogen (secondary N) is 3. The fourth-order valence-corrected chi connectivity index (χ4v) is 5.09. The Morgan fingerprint density at radius 3 is 2.53 bits per heavy atom. The molecule has 2 amide bonds. The number of hydrogen-bond acceptors (Lipinski definition) is 6.